The number of benzene rings is 1. The number of anilines is 1. The predicted molar refractivity (Wildman–Crippen MR) is 84.5 cm³/mol. The molecule has 5 nitrogen and oxygen atoms in total. The molecule has 0 spiro atoms. The number of hydrogen-bond donors (Lipinski definition) is 2. The largest absolute Gasteiger partial charge is 0.395 e. The van der Waals surface area contributed by atoms with Gasteiger partial charge in [-0.25, -0.2) is 4.98 Å². The van der Waals surface area contributed by atoms with Crippen LogP contribution >= 0.6 is 11.3 Å². The van der Waals surface area contributed by atoms with E-state index in [0.717, 1.165) is 17.2 Å². The van der Waals surface area contributed by atoms with Crippen LogP contribution in [0.3, 0.4) is 0 Å². The van der Waals surface area contributed by atoms with E-state index in [9.17, 15) is 9.90 Å². The first kappa shape index (κ1) is 15.5. The van der Waals surface area contributed by atoms with Gasteiger partial charge in [0.1, 0.15) is 4.88 Å². The summed E-state index contributed by atoms with van der Waals surface area (Å²) >= 11 is 1.34. The van der Waals surface area contributed by atoms with Crippen LogP contribution in [0.5, 0.6) is 0 Å². The molecule has 6 heteroatoms. The Kier molecular flexibility index (Phi) is 5.71. The Bertz CT molecular complexity index is 571. The van der Waals surface area contributed by atoms with Crippen LogP contribution in [0.4, 0.5) is 5.13 Å². The van der Waals surface area contributed by atoms with E-state index in [1.807, 2.05) is 37.3 Å². The van der Waals surface area contributed by atoms with Crippen molar-refractivity contribution in [2.75, 3.05) is 25.0 Å². The Labute approximate surface area is 128 Å². The highest BCUT2D eigenvalue weighted by Gasteiger charge is 2.18. The van der Waals surface area contributed by atoms with Crippen molar-refractivity contribution in [3.8, 4) is 0 Å². The summed E-state index contributed by atoms with van der Waals surface area (Å²) in [5, 5.41) is 13.0. The second-order valence-corrected chi connectivity index (χ2v) is 5.53. The molecule has 1 aromatic heterocycles. The number of carbonyl (C=O) groups is 1. The molecule has 0 bridgehead atoms. The average molecular weight is 305 g/mol. The van der Waals surface area contributed by atoms with Crippen molar-refractivity contribution in [3.63, 3.8) is 0 Å². The Hall–Kier alpha value is -1.92. The van der Waals surface area contributed by atoms with Crippen molar-refractivity contribution in [1.29, 1.82) is 0 Å². The molecule has 0 atom stereocenters. The molecule has 2 aromatic rings. The molecule has 0 aliphatic heterocycles. The first-order valence-corrected chi connectivity index (χ1v) is 7.70. The summed E-state index contributed by atoms with van der Waals surface area (Å²) in [6, 6.07) is 9.75. The van der Waals surface area contributed by atoms with Gasteiger partial charge in [0, 0.05) is 19.6 Å². The van der Waals surface area contributed by atoms with Crippen LogP contribution in [0.15, 0.2) is 36.5 Å². The Morgan fingerprint density at radius 2 is 2.14 bits per heavy atom. The highest BCUT2D eigenvalue weighted by atomic mass is 32.1. The third-order valence-electron chi connectivity index (χ3n) is 2.92. The minimum atomic E-state index is -0.102. The fourth-order valence-corrected chi connectivity index (χ4v) is 2.79. The molecule has 1 heterocycles. The summed E-state index contributed by atoms with van der Waals surface area (Å²) < 4.78 is 0. The normalized spacial score (nSPS) is 10.4. The van der Waals surface area contributed by atoms with Gasteiger partial charge in [-0.05, 0) is 12.5 Å². The number of aliphatic hydroxyl groups excluding tert-OH is 1. The molecule has 2 rings (SSSR count). The zero-order valence-electron chi connectivity index (χ0n) is 12.0. The van der Waals surface area contributed by atoms with Gasteiger partial charge in [-0.1, -0.05) is 41.7 Å². The molecule has 0 aliphatic rings. The zero-order chi connectivity index (χ0) is 15.1. The van der Waals surface area contributed by atoms with Crippen molar-refractivity contribution < 1.29 is 9.90 Å². The van der Waals surface area contributed by atoms with Crippen LogP contribution < -0.4 is 5.32 Å². The van der Waals surface area contributed by atoms with E-state index in [4.69, 9.17) is 0 Å². The van der Waals surface area contributed by atoms with E-state index in [2.05, 4.69) is 10.3 Å². The van der Waals surface area contributed by atoms with Gasteiger partial charge < -0.3 is 15.3 Å². The SMILES string of the molecule is CCNc1ncc(C(=O)N(CCO)Cc2ccccc2)s1. The monoisotopic (exact) mass is 305 g/mol. The van der Waals surface area contributed by atoms with E-state index < -0.39 is 0 Å². The molecule has 0 fully saturated rings. The lowest BCUT2D eigenvalue weighted by atomic mass is 10.2. The Balaban J connectivity index is 2.10. The number of nitrogens with zero attached hydrogens (tertiary/aromatic N) is 2. The number of carbonyl (C=O) groups excluding carboxylic acids is 1. The topological polar surface area (TPSA) is 65.5 Å². The number of thiazole rings is 1. The number of amides is 1. The number of hydrogen-bond acceptors (Lipinski definition) is 5. The molecule has 0 unspecified atom stereocenters. The highest BCUT2D eigenvalue weighted by molar-refractivity contribution is 7.17. The first-order chi connectivity index (χ1) is 10.2. The van der Waals surface area contributed by atoms with Crippen molar-refractivity contribution >= 4 is 22.4 Å². The van der Waals surface area contributed by atoms with E-state index in [1.54, 1.807) is 11.1 Å². The van der Waals surface area contributed by atoms with E-state index in [1.165, 1.54) is 11.3 Å². The van der Waals surface area contributed by atoms with E-state index >= 15 is 0 Å². The van der Waals surface area contributed by atoms with E-state index in [0.29, 0.717) is 18.0 Å². The Morgan fingerprint density at radius 3 is 2.81 bits per heavy atom. The summed E-state index contributed by atoms with van der Waals surface area (Å²) in [5.41, 5.74) is 1.04. The van der Waals surface area contributed by atoms with Crippen LogP contribution in [0.1, 0.15) is 22.2 Å². The maximum atomic E-state index is 12.5. The molecule has 0 radical (unpaired) electrons. The third kappa shape index (κ3) is 4.27. The van der Waals surface area contributed by atoms with Gasteiger partial charge >= 0.3 is 0 Å². The highest BCUT2D eigenvalue weighted by Crippen LogP contribution is 2.20. The smallest absolute Gasteiger partial charge is 0.266 e. The second kappa shape index (κ2) is 7.75. The predicted octanol–water partition coefficient (Wildman–Crippen LogP) is 2.21. The van der Waals surface area contributed by atoms with Crippen LogP contribution in [0.2, 0.25) is 0 Å². The van der Waals surface area contributed by atoms with Gasteiger partial charge in [-0.3, -0.25) is 4.79 Å². The summed E-state index contributed by atoms with van der Waals surface area (Å²) in [5.74, 6) is -0.102. The number of rotatable bonds is 7. The van der Waals surface area contributed by atoms with Crippen LogP contribution in [-0.2, 0) is 6.54 Å². The van der Waals surface area contributed by atoms with Crippen molar-refractivity contribution in [2.45, 2.75) is 13.5 Å². The molecular weight excluding hydrogens is 286 g/mol. The van der Waals surface area contributed by atoms with E-state index in [-0.39, 0.29) is 12.5 Å². The molecule has 112 valence electrons. The quantitative estimate of drug-likeness (QED) is 0.823. The molecule has 0 aliphatic carbocycles. The van der Waals surface area contributed by atoms with Gasteiger partial charge in [0.15, 0.2) is 5.13 Å². The third-order valence-corrected chi connectivity index (χ3v) is 3.86. The van der Waals surface area contributed by atoms with Crippen molar-refractivity contribution in [2.24, 2.45) is 0 Å². The average Bonchev–Trinajstić information content (AvgIpc) is 2.96. The van der Waals surface area contributed by atoms with Crippen LogP contribution in [0, 0.1) is 0 Å². The number of nitrogens with one attached hydrogen (secondary N) is 1. The Morgan fingerprint density at radius 1 is 1.38 bits per heavy atom. The number of aliphatic hydroxyl groups is 1. The van der Waals surface area contributed by atoms with Crippen LogP contribution in [0.25, 0.3) is 0 Å². The molecular formula is C15H19N3O2S. The van der Waals surface area contributed by atoms with Gasteiger partial charge in [0.05, 0.1) is 12.8 Å². The van der Waals surface area contributed by atoms with Gasteiger partial charge in [-0.2, -0.15) is 0 Å². The second-order valence-electron chi connectivity index (χ2n) is 4.50. The number of aromatic nitrogens is 1. The van der Waals surface area contributed by atoms with Gasteiger partial charge in [0.25, 0.3) is 5.91 Å². The minimum Gasteiger partial charge on any atom is -0.395 e. The maximum Gasteiger partial charge on any atom is 0.266 e. The summed E-state index contributed by atoms with van der Waals surface area (Å²) in [4.78, 5) is 18.9. The fraction of sp³-hybridized carbons (Fsp3) is 0.333. The zero-order valence-corrected chi connectivity index (χ0v) is 12.8. The first-order valence-electron chi connectivity index (χ1n) is 6.88. The van der Waals surface area contributed by atoms with Crippen LogP contribution in [-0.4, -0.2) is 40.6 Å². The summed E-state index contributed by atoms with van der Waals surface area (Å²) in [6.45, 7) is 3.48. The van der Waals surface area contributed by atoms with Gasteiger partial charge in [-0.15, -0.1) is 0 Å². The molecule has 0 saturated carbocycles. The van der Waals surface area contributed by atoms with Crippen molar-refractivity contribution in [3.05, 3.63) is 47.0 Å². The van der Waals surface area contributed by atoms with Gasteiger partial charge in [0.2, 0.25) is 0 Å². The minimum absolute atomic E-state index is 0.0581. The standard InChI is InChI=1S/C15H19N3O2S/c1-2-16-15-17-10-13(21-15)14(20)18(8-9-19)11-12-6-4-3-5-7-12/h3-7,10,19H,2,8-9,11H2,1H3,(H,16,17). The summed E-state index contributed by atoms with van der Waals surface area (Å²) in [7, 11) is 0. The molecule has 1 amide bonds. The lowest BCUT2D eigenvalue weighted by Crippen LogP contribution is -2.32. The molecule has 21 heavy (non-hydrogen) atoms. The molecule has 1 aromatic carbocycles. The lowest BCUT2D eigenvalue weighted by Gasteiger charge is -2.21. The molecule has 2 N–H and O–H groups in total. The van der Waals surface area contributed by atoms with Crippen molar-refractivity contribution in [1.82, 2.24) is 9.88 Å². The molecule has 0 saturated heterocycles. The maximum absolute atomic E-state index is 12.5. The summed E-state index contributed by atoms with van der Waals surface area (Å²) in [6.07, 6.45) is 1.58. The lowest BCUT2D eigenvalue weighted by molar-refractivity contribution is 0.0712. The fourth-order valence-electron chi connectivity index (χ4n) is 1.94.